The minimum Gasteiger partial charge on any atom is -0.492 e. The van der Waals surface area contributed by atoms with E-state index in [-0.39, 0.29) is 63.2 Å². The largest absolute Gasteiger partial charge is 0.492 e. The van der Waals surface area contributed by atoms with Crippen molar-refractivity contribution in [2.75, 3.05) is 45.1 Å². The second-order valence-electron chi connectivity index (χ2n) is 8.53. The zero-order valence-corrected chi connectivity index (χ0v) is 23.1. The summed E-state index contributed by atoms with van der Waals surface area (Å²) < 4.78 is 16.4. The molecular weight excluding hydrogens is 567 g/mol. The van der Waals surface area contributed by atoms with Crippen molar-refractivity contribution in [2.24, 2.45) is 0 Å². The number of aromatic nitrogens is 3. The molecule has 0 aliphatic carbocycles. The van der Waals surface area contributed by atoms with Crippen LogP contribution in [0.2, 0.25) is 10.2 Å². The van der Waals surface area contributed by atoms with E-state index < -0.39 is 24.5 Å². The van der Waals surface area contributed by atoms with Crippen LogP contribution in [0.15, 0.2) is 18.3 Å². The minimum atomic E-state index is -1.09. The molecule has 1 aliphatic rings. The average Bonchev–Trinajstić information content (AvgIpc) is 3.50. The van der Waals surface area contributed by atoms with Crippen molar-refractivity contribution >= 4 is 58.4 Å². The number of halogens is 2. The number of nitrogen functional groups attached to an aromatic ring is 1. The molecule has 1 atom stereocenters. The lowest BCUT2D eigenvalue weighted by Gasteiger charge is -2.21. The number of benzene rings is 1. The number of carbonyl (C=O) groups is 2. The van der Waals surface area contributed by atoms with Gasteiger partial charge in [-0.15, -0.1) is 0 Å². The number of nitrogens with one attached hydrogen (secondary N) is 2. The summed E-state index contributed by atoms with van der Waals surface area (Å²) in [5.74, 6) is -0.107. The quantitative estimate of drug-likeness (QED) is 0.172. The Balaban J connectivity index is 1.73. The lowest BCUT2D eigenvalue weighted by Crippen LogP contribution is -2.33. The predicted octanol–water partition coefficient (Wildman–Crippen LogP) is 1.89. The van der Waals surface area contributed by atoms with E-state index >= 15 is 0 Å². The monoisotopic (exact) mass is 592 g/mol. The van der Waals surface area contributed by atoms with Gasteiger partial charge in [0, 0.05) is 24.0 Å². The van der Waals surface area contributed by atoms with Gasteiger partial charge in [-0.1, -0.05) is 23.2 Å². The maximum Gasteiger partial charge on any atom is 0.260 e. The first-order valence-electron chi connectivity index (χ1n) is 11.7. The molecule has 0 fully saturated rings. The standard InChI is InChI=1S/C25H26Cl2N6O7/c1-38-18-12(5-16(26)19(39-2)20(18)40-3)9-33-22-17(21(27)31-25(28)32-22)15(24(33)37)6-13-4-11(7-29-13)23(36)30-8-14(35)10-34/h4-7,14,29,34-35H,8-10H2,1-3H3,(H,30,36)(H2,28,31,32)/t14-/m0/s1. The number of fused-ring (bicyclic) bond motifs is 1. The molecule has 40 heavy (non-hydrogen) atoms. The van der Waals surface area contributed by atoms with Crippen LogP contribution in [0.5, 0.6) is 17.2 Å². The molecule has 3 aromatic rings. The van der Waals surface area contributed by atoms with E-state index in [0.717, 1.165) is 0 Å². The summed E-state index contributed by atoms with van der Waals surface area (Å²) in [6.45, 7) is -0.669. The topological polar surface area (TPSA) is 185 Å². The third-order valence-corrected chi connectivity index (χ3v) is 6.56. The van der Waals surface area contributed by atoms with Crippen molar-refractivity contribution in [3.8, 4) is 17.2 Å². The Labute approximate surface area is 238 Å². The highest BCUT2D eigenvalue weighted by molar-refractivity contribution is 6.41. The maximum absolute atomic E-state index is 13.8. The highest BCUT2D eigenvalue weighted by atomic mass is 35.5. The van der Waals surface area contributed by atoms with Crippen LogP contribution in [0.3, 0.4) is 0 Å². The number of carbonyl (C=O) groups excluding carboxylic acids is 2. The van der Waals surface area contributed by atoms with E-state index in [0.29, 0.717) is 17.0 Å². The van der Waals surface area contributed by atoms with Gasteiger partial charge in [-0.3, -0.25) is 14.5 Å². The smallest absolute Gasteiger partial charge is 0.260 e. The summed E-state index contributed by atoms with van der Waals surface area (Å²) in [6, 6.07) is 3.10. The Kier molecular flexibility index (Phi) is 8.69. The number of rotatable bonds is 10. The van der Waals surface area contributed by atoms with Crippen LogP contribution in [0.1, 0.15) is 27.2 Å². The highest BCUT2D eigenvalue weighted by Crippen LogP contribution is 2.47. The van der Waals surface area contributed by atoms with E-state index in [1.54, 1.807) is 6.07 Å². The van der Waals surface area contributed by atoms with Gasteiger partial charge in [-0.05, 0) is 18.2 Å². The predicted molar refractivity (Wildman–Crippen MR) is 148 cm³/mol. The molecule has 0 unspecified atom stereocenters. The second-order valence-corrected chi connectivity index (χ2v) is 9.29. The summed E-state index contributed by atoms with van der Waals surface area (Å²) >= 11 is 12.9. The molecule has 13 nitrogen and oxygen atoms in total. The van der Waals surface area contributed by atoms with Gasteiger partial charge in [0.2, 0.25) is 11.7 Å². The van der Waals surface area contributed by atoms with Crippen molar-refractivity contribution < 1.29 is 34.0 Å². The fourth-order valence-corrected chi connectivity index (χ4v) is 4.75. The van der Waals surface area contributed by atoms with Crippen LogP contribution < -0.4 is 30.2 Å². The van der Waals surface area contributed by atoms with E-state index in [9.17, 15) is 14.7 Å². The Bertz CT molecular complexity index is 1490. The number of methoxy groups -OCH3 is 3. The first-order valence-corrected chi connectivity index (χ1v) is 12.5. The summed E-state index contributed by atoms with van der Waals surface area (Å²) in [5.41, 5.74) is 7.39. The fourth-order valence-electron chi connectivity index (χ4n) is 4.18. The number of amides is 2. The number of aromatic amines is 1. The third kappa shape index (κ3) is 5.49. The van der Waals surface area contributed by atoms with Gasteiger partial charge in [-0.25, -0.2) is 4.98 Å². The van der Waals surface area contributed by atoms with Crippen molar-refractivity contribution in [3.63, 3.8) is 0 Å². The molecular formula is C25H26Cl2N6O7. The highest BCUT2D eigenvalue weighted by Gasteiger charge is 2.38. The minimum absolute atomic E-state index is 0.0376. The molecule has 0 spiro atoms. The van der Waals surface area contributed by atoms with Gasteiger partial charge >= 0.3 is 0 Å². The number of nitrogens with two attached hydrogens (primary N) is 1. The van der Waals surface area contributed by atoms with Gasteiger partial charge in [-0.2, -0.15) is 4.98 Å². The molecule has 2 amide bonds. The molecule has 0 saturated carbocycles. The first-order chi connectivity index (χ1) is 19.1. The number of H-pyrrole nitrogens is 1. The van der Waals surface area contributed by atoms with Crippen molar-refractivity contribution in [2.45, 2.75) is 12.6 Å². The van der Waals surface area contributed by atoms with Gasteiger partial charge in [0.15, 0.2) is 17.3 Å². The molecule has 212 valence electrons. The molecule has 15 heteroatoms. The first kappa shape index (κ1) is 29.0. The SMILES string of the molecule is COc1c(Cl)cc(CN2C(=O)C(=Cc3cc(C(=O)NC[C@H](O)CO)c[nH]3)c3c(Cl)nc(N)nc32)c(OC)c1OC. The number of hydrogen-bond acceptors (Lipinski definition) is 10. The molecule has 4 rings (SSSR count). The molecule has 3 heterocycles. The van der Waals surface area contributed by atoms with E-state index in [1.807, 2.05) is 0 Å². The second kappa shape index (κ2) is 12.0. The van der Waals surface area contributed by atoms with Crippen molar-refractivity contribution in [1.29, 1.82) is 0 Å². The molecule has 1 aliphatic heterocycles. The summed E-state index contributed by atoms with van der Waals surface area (Å²) in [6.07, 6.45) is 1.85. The number of ether oxygens (including phenoxy) is 3. The van der Waals surface area contributed by atoms with E-state index in [2.05, 4.69) is 20.3 Å². The molecule has 6 N–H and O–H groups in total. The summed E-state index contributed by atoms with van der Waals surface area (Å²) in [4.78, 5) is 38.7. The number of aliphatic hydroxyl groups excluding tert-OH is 2. The van der Waals surface area contributed by atoms with Crippen LogP contribution in [-0.4, -0.2) is 77.6 Å². The van der Waals surface area contributed by atoms with Crippen molar-refractivity contribution in [1.82, 2.24) is 20.3 Å². The fraction of sp³-hybridized carbons (Fsp3) is 0.280. The van der Waals surface area contributed by atoms with Crippen LogP contribution in [0.4, 0.5) is 11.8 Å². The van der Waals surface area contributed by atoms with Crippen LogP contribution in [0, 0.1) is 0 Å². The zero-order valence-electron chi connectivity index (χ0n) is 21.6. The maximum atomic E-state index is 13.8. The lowest BCUT2D eigenvalue weighted by atomic mass is 10.1. The van der Waals surface area contributed by atoms with Crippen LogP contribution in [-0.2, 0) is 11.3 Å². The Morgan fingerprint density at radius 3 is 2.52 bits per heavy atom. The Morgan fingerprint density at radius 1 is 1.18 bits per heavy atom. The Morgan fingerprint density at radius 2 is 1.88 bits per heavy atom. The molecule has 0 radical (unpaired) electrons. The van der Waals surface area contributed by atoms with Crippen LogP contribution in [0.25, 0.3) is 11.6 Å². The molecule has 0 bridgehead atoms. The number of hydrogen-bond donors (Lipinski definition) is 5. The zero-order chi connectivity index (χ0) is 29.1. The number of nitrogens with zero attached hydrogens (tertiary/aromatic N) is 3. The summed E-state index contributed by atoms with van der Waals surface area (Å²) in [7, 11) is 4.32. The number of anilines is 2. The average molecular weight is 593 g/mol. The van der Waals surface area contributed by atoms with Gasteiger partial charge in [0.05, 0.1) is 62.3 Å². The molecule has 1 aromatic carbocycles. The van der Waals surface area contributed by atoms with E-state index in [4.69, 9.17) is 48.3 Å². The number of aliphatic hydroxyl groups is 2. The molecule has 2 aromatic heterocycles. The summed E-state index contributed by atoms with van der Waals surface area (Å²) in [5, 5.41) is 21.1. The van der Waals surface area contributed by atoms with Gasteiger partial charge < -0.3 is 40.5 Å². The molecule has 0 saturated heterocycles. The van der Waals surface area contributed by atoms with Gasteiger partial charge in [0.1, 0.15) is 5.15 Å². The Hall–Kier alpha value is -4.04. The van der Waals surface area contributed by atoms with Crippen molar-refractivity contribution in [3.05, 3.63) is 50.9 Å². The normalized spacial score (nSPS) is 14.3. The van der Waals surface area contributed by atoms with E-state index in [1.165, 1.54) is 44.6 Å². The van der Waals surface area contributed by atoms with Gasteiger partial charge in [0.25, 0.3) is 11.8 Å². The lowest BCUT2D eigenvalue weighted by molar-refractivity contribution is -0.113. The van der Waals surface area contributed by atoms with Crippen LogP contribution >= 0.6 is 23.2 Å². The third-order valence-electron chi connectivity index (χ3n) is 6.00.